The molecule has 2 aromatic carbocycles. The number of carbonyl (C=O) groups excluding carboxylic acids is 1. The highest BCUT2D eigenvalue weighted by molar-refractivity contribution is 7.89. The molecule has 0 atom stereocenters. The zero-order valence-corrected chi connectivity index (χ0v) is 22.4. The number of benzene rings is 2. The van der Waals surface area contributed by atoms with Gasteiger partial charge in [0.2, 0.25) is 16.8 Å². The van der Waals surface area contributed by atoms with Crippen molar-refractivity contribution in [3.05, 3.63) is 71.9 Å². The van der Waals surface area contributed by atoms with E-state index in [0.717, 1.165) is 49.7 Å². The molecule has 3 aromatic rings. The van der Waals surface area contributed by atoms with Crippen molar-refractivity contribution in [2.45, 2.75) is 67.7 Å². The van der Waals surface area contributed by atoms with Gasteiger partial charge in [-0.3, -0.25) is 9.78 Å². The van der Waals surface area contributed by atoms with Crippen LogP contribution >= 0.6 is 0 Å². The third-order valence-electron chi connectivity index (χ3n) is 8.27. The summed E-state index contributed by atoms with van der Waals surface area (Å²) in [5.74, 6) is 1.55. The number of ether oxygens (including phenoxy) is 2. The van der Waals surface area contributed by atoms with Gasteiger partial charge in [0.05, 0.1) is 16.0 Å². The average molecular weight is 533 g/mol. The topological polar surface area (TPSA) is 85.8 Å². The molecule has 2 fully saturated rings. The Kier molecular flexibility index (Phi) is 6.48. The molecule has 8 heteroatoms. The van der Waals surface area contributed by atoms with Gasteiger partial charge in [-0.1, -0.05) is 43.5 Å². The maximum absolute atomic E-state index is 13.4. The predicted molar refractivity (Wildman–Crippen MR) is 144 cm³/mol. The van der Waals surface area contributed by atoms with Gasteiger partial charge in [0, 0.05) is 30.8 Å². The summed E-state index contributed by atoms with van der Waals surface area (Å²) >= 11 is 0. The summed E-state index contributed by atoms with van der Waals surface area (Å²) in [5, 5.41) is 0. The molecular formula is C30H32N2O5S. The Hall–Kier alpha value is -3.23. The lowest BCUT2D eigenvalue weighted by molar-refractivity contribution is -0.120. The van der Waals surface area contributed by atoms with Crippen molar-refractivity contribution in [2.24, 2.45) is 0 Å². The number of ketones is 1. The number of nitrogens with zero attached hydrogens (tertiary/aromatic N) is 2. The fraction of sp³-hybridized carbons (Fsp3) is 0.400. The molecule has 6 rings (SSSR count). The molecule has 38 heavy (non-hydrogen) atoms. The Balaban J connectivity index is 1.17. The van der Waals surface area contributed by atoms with Gasteiger partial charge < -0.3 is 9.47 Å². The molecule has 0 spiro atoms. The number of aromatic nitrogens is 1. The zero-order chi connectivity index (χ0) is 26.3. The van der Waals surface area contributed by atoms with E-state index in [1.807, 2.05) is 36.4 Å². The summed E-state index contributed by atoms with van der Waals surface area (Å²) in [5.41, 5.74) is 2.72. The second-order valence-electron chi connectivity index (χ2n) is 10.6. The molecule has 1 aliphatic heterocycles. The average Bonchev–Trinajstić information content (AvgIpc) is 3.64. The van der Waals surface area contributed by atoms with Gasteiger partial charge in [0.15, 0.2) is 11.5 Å². The third-order valence-corrected chi connectivity index (χ3v) is 10.2. The minimum absolute atomic E-state index is 0.0664. The van der Waals surface area contributed by atoms with E-state index >= 15 is 0 Å². The smallest absolute Gasteiger partial charge is 0.243 e. The Bertz CT molecular complexity index is 1460. The molecular weight excluding hydrogens is 500 g/mol. The molecule has 3 aliphatic rings. The van der Waals surface area contributed by atoms with Crippen LogP contribution in [0.1, 0.15) is 56.2 Å². The molecule has 0 amide bonds. The Morgan fingerprint density at radius 2 is 1.71 bits per heavy atom. The van der Waals surface area contributed by atoms with Crippen molar-refractivity contribution >= 4 is 15.8 Å². The van der Waals surface area contributed by atoms with E-state index in [0.29, 0.717) is 27.8 Å². The normalized spacial score (nSPS) is 18.5. The Labute approximate surface area is 223 Å². The largest absolute Gasteiger partial charge is 0.454 e. The van der Waals surface area contributed by atoms with Crippen LogP contribution in [0.15, 0.2) is 65.6 Å². The number of fused-ring (bicyclic) bond motifs is 1. The number of Topliss-reactive ketones (excluding diaryl/α,β-unsaturated/α-hetero) is 1. The van der Waals surface area contributed by atoms with Gasteiger partial charge in [-0.25, -0.2) is 8.42 Å². The van der Waals surface area contributed by atoms with Crippen LogP contribution in [-0.2, 0) is 26.7 Å². The van der Waals surface area contributed by atoms with Gasteiger partial charge in [-0.2, -0.15) is 4.31 Å². The molecule has 1 aromatic heterocycles. The highest BCUT2D eigenvalue weighted by atomic mass is 32.2. The first-order valence-corrected chi connectivity index (χ1v) is 14.8. The first kappa shape index (κ1) is 25.1. The zero-order valence-electron chi connectivity index (χ0n) is 21.6. The van der Waals surface area contributed by atoms with Crippen LogP contribution in [0, 0.1) is 0 Å². The summed E-state index contributed by atoms with van der Waals surface area (Å²) < 4.78 is 38.8. The van der Waals surface area contributed by atoms with E-state index < -0.39 is 15.4 Å². The molecule has 2 saturated carbocycles. The molecule has 0 bridgehead atoms. The van der Waals surface area contributed by atoms with Gasteiger partial charge in [0.1, 0.15) is 5.78 Å². The second-order valence-corrected chi connectivity index (χ2v) is 12.6. The Morgan fingerprint density at radius 3 is 2.45 bits per heavy atom. The van der Waals surface area contributed by atoms with Crippen molar-refractivity contribution in [1.82, 2.24) is 9.29 Å². The van der Waals surface area contributed by atoms with E-state index in [2.05, 4.69) is 0 Å². The van der Waals surface area contributed by atoms with Crippen molar-refractivity contribution in [3.63, 3.8) is 0 Å². The first-order chi connectivity index (χ1) is 18.4. The molecule has 0 radical (unpaired) electrons. The maximum atomic E-state index is 13.4. The molecule has 0 unspecified atom stereocenters. The number of sulfonamides is 1. The molecule has 0 saturated heterocycles. The van der Waals surface area contributed by atoms with Crippen molar-refractivity contribution in [2.75, 3.05) is 13.8 Å². The van der Waals surface area contributed by atoms with Crippen LogP contribution in [0.2, 0.25) is 0 Å². The van der Waals surface area contributed by atoms with Crippen LogP contribution in [-0.4, -0.2) is 43.4 Å². The molecule has 0 N–H and O–H groups in total. The number of pyridine rings is 1. The van der Waals surface area contributed by atoms with Gasteiger partial charge in [-0.05, 0) is 67.6 Å². The maximum Gasteiger partial charge on any atom is 0.243 e. The van der Waals surface area contributed by atoms with Crippen molar-refractivity contribution in [3.8, 4) is 22.8 Å². The third kappa shape index (κ3) is 4.60. The minimum atomic E-state index is -3.55. The molecule has 198 valence electrons. The lowest BCUT2D eigenvalue weighted by atomic mass is 9.88. The minimum Gasteiger partial charge on any atom is -0.454 e. The number of carbonyl (C=O) groups is 1. The van der Waals surface area contributed by atoms with Crippen LogP contribution < -0.4 is 9.47 Å². The monoisotopic (exact) mass is 532 g/mol. The van der Waals surface area contributed by atoms with Gasteiger partial charge >= 0.3 is 0 Å². The lowest BCUT2D eigenvalue weighted by Gasteiger charge is -2.30. The fourth-order valence-electron chi connectivity index (χ4n) is 5.73. The van der Waals surface area contributed by atoms with E-state index in [1.165, 1.54) is 6.42 Å². The quantitative estimate of drug-likeness (QED) is 0.393. The van der Waals surface area contributed by atoms with Crippen LogP contribution in [0.3, 0.4) is 0 Å². The van der Waals surface area contributed by atoms with E-state index in [-0.39, 0.29) is 25.0 Å². The van der Waals surface area contributed by atoms with Crippen molar-refractivity contribution in [1.29, 1.82) is 0 Å². The number of rotatable bonds is 8. The highest BCUT2D eigenvalue weighted by Crippen LogP contribution is 2.51. The summed E-state index contributed by atoms with van der Waals surface area (Å²) in [7, 11) is -1.86. The molecule has 2 heterocycles. The van der Waals surface area contributed by atoms with Crippen molar-refractivity contribution < 1.29 is 22.7 Å². The Morgan fingerprint density at radius 1 is 0.974 bits per heavy atom. The molecule has 7 nitrogen and oxygen atoms in total. The van der Waals surface area contributed by atoms with Gasteiger partial charge in [-0.15, -0.1) is 0 Å². The number of hydrogen-bond acceptors (Lipinski definition) is 6. The van der Waals surface area contributed by atoms with Gasteiger partial charge in [0.25, 0.3) is 0 Å². The fourth-order valence-corrected chi connectivity index (χ4v) is 7.14. The SMILES string of the molecule is CN(C1CCCCC1)S(=O)(=O)c1ccc(-c2cccc(CC(=O)C3(c4ccc5c(c4)OCO5)CC3)n2)cc1. The van der Waals surface area contributed by atoms with E-state index in [4.69, 9.17) is 14.5 Å². The predicted octanol–water partition coefficient (Wildman–Crippen LogP) is 5.27. The summed E-state index contributed by atoms with van der Waals surface area (Å²) in [6.07, 6.45) is 7.03. The summed E-state index contributed by atoms with van der Waals surface area (Å²) in [6, 6.07) is 18.4. The van der Waals surface area contributed by atoms with Crippen LogP contribution in [0.25, 0.3) is 11.3 Å². The highest BCUT2D eigenvalue weighted by Gasteiger charge is 2.51. The summed E-state index contributed by atoms with van der Waals surface area (Å²) in [6.45, 7) is 0.209. The van der Waals surface area contributed by atoms with Crippen LogP contribution in [0.5, 0.6) is 11.5 Å². The van der Waals surface area contributed by atoms with E-state index in [9.17, 15) is 13.2 Å². The lowest BCUT2D eigenvalue weighted by Crippen LogP contribution is -2.38. The van der Waals surface area contributed by atoms with Crippen LogP contribution in [0.4, 0.5) is 0 Å². The summed E-state index contributed by atoms with van der Waals surface area (Å²) in [4.78, 5) is 18.5. The first-order valence-electron chi connectivity index (χ1n) is 13.3. The standard InChI is InChI=1S/C30H32N2O5S/c1-32(24-7-3-2-4-8-24)38(34,35)25-13-10-21(11-14-25)26-9-5-6-23(31-26)19-29(33)30(16-17-30)22-12-15-27-28(18-22)37-20-36-27/h5-6,9-15,18,24H,2-4,7-8,16-17,19-20H2,1H3. The molecule has 2 aliphatic carbocycles. The second kappa shape index (κ2) is 9.82. The number of hydrogen-bond donors (Lipinski definition) is 0. The van der Waals surface area contributed by atoms with E-state index in [1.54, 1.807) is 35.6 Å².